The highest BCUT2D eigenvalue weighted by Gasteiger charge is 2.17. The highest BCUT2D eigenvalue weighted by Crippen LogP contribution is 2.14. The molecule has 0 saturated carbocycles. The summed E-state index contributed by atoms with van der Waals surface area (Å²) in [5.41, 5.74) is 0. The summed E-state index contributed by atoms with van der Waals surface area (Å²) in [4.78, 5) is 12.2. The molecule has 0 aromatic carbocycles. The van der Waals surface area contributed by atoms with Gasteiger partial charge in [0.1, 0.15) is 0 Å². The number of nitrogens with one attached hydrogen (secondary N) is 1. The first-order valence-electron chi connectivity index (χ1n) is 16.4. The van der Waals surface area contributed by atoms with Crippen molar-refractivity contribution >= 4 is 5.91 Å². The number of amides is 1. The van der Waals surface area contributed by atoms with Crippen LogP contribution in [0.25, 0.3) is 0 Å². The van der Waals surface area contributed by atoms with E-state index in [1.54, 1.807) is 6.08 Å². The summed E-state index contributed by atoms with van der Waals surface area (Å²) in [5, 5.41) is 22.8. The molecule has 0 radical (unpaired) electrons. The van der Waals surface area contributed by atoms with Crippen molar-refractivity contribution in [1.29, 1.82) is 0 Å². The molecule has 0 saturated heterocycles. The zero-order valence-electron chi connectivity index (χ0n) is 25.0. The first-order chi connectivity index (χ1) is 18.2. The van der Waals surface area contributed by atoms with Gasteiger partial charge in [0, 0.05) is 6.42 Å². The molecule has 0 aromatic rings. The van der Waals surface area contributed by atoms with Crippen molar-refractivity contribution in [3.63, 3.8) is 0 Å². The summed E-state index contributed by atoms with van der Waals surface area (Å²) in [6.45, 7) is 4.28. The van der Waals surface area contributed by atoms with Crippen molar-refractivity contribution in [3.05, 3.63) is 12.2 Å². The van der Waals surface area contributed by atoms with Crippen molar-refractivity contribution in [1.82, 2.24) is 5.32 Å². The normalized spacial score (nSPS) is 13.3. The monoisotopic (exact) mass is 523 g/mol. The van der Waals surface area contributed by atoms with Crippen LogP contribution in [0, 0.1) is 0 Å². The maximum absolute atomic E-state index is 12.2. The van der Waals surface area contributed by atoms with E-state index in [0.717, 1.165) is 25.7 Å². The lowest BCUT2D eigenvalue weighted by Crippen LogP contribution is -2.45. The summed E-state index contributed by atoms with van der Waals surface area (Å²) >= 11 is 0. The average Bonchev–Trinajstić information content (AvgIpc) is 2.90. The Morgan fingerprint density at radius 3 is 1.41 bits per heavy atom. The maximum atomic E-state index is 12.2. The van der Waals surface area contributed by atoms with E-state index in [4.69, 9.17) is 0 Å². The summed E-state index contributed by atoms with van der Waals surface area (Å²) in [5.74, 6) is -0.0658. The van der Waals surface area contributed by atoms with Gasteiger partial charge >= 0.3 is 0 Å². The molecule has 0 bridgehead atoms. The van der Waals surface area contributed by atoms with Crippen molar-refractivity contribution in [2.75, 3.05) is 6.61 Å². The number of aliphatic hydroxyl groups excluding tert-OH is 2. The highest BCUT2D eigenvalue weighted by atomic mass is 16.3. The highest BCUT2D eigenvalue weighted by molar-refractivity contribution is 5.76. The molecule has 37 heavy (non-hydrogen) atoms. The summed E-state index contributed by atoms with van der Waals surface area (Å²) in [6.07, 6.45) is 34.2. The fourth-order valence-electron chi connectivity index (χ4n) is 4.94. The molecule has 0 aliphatic rings. The number of allylic oxidation sites excluding steroid dienone is 1. The van der Waals surface area contributed by atoms with E-state index in [9.17, 15) is 15.0 Å². The third kappa shape index (κ3) is 26.5. The van der Waals surface area contributed by atoms with Crippen LogP contribution in [0.3, 0.4) is 0 Å². The Morgan fingerprint density at radius 2 is 1.00 bits per heavy atom. The SMILES string of the molecule is CCCCCCCCCCCCCC=C[C@@H](O)[C@H](CO)NC(=O)CCCCCCCCCCCCCC. The van der Waals surface area contributed by atoms with Gasteiger partial charge in [0.15, 0.2) is 0 Å². The van der Waals surface area contributed by atoms with Crippen LogP contribution in [-0.2, 0) is 4.79 Å². The molecule has 0 heterocycles. The molecule has 0 aromatic heterocycles. The molecule has 0 fully saturated rings. The van der Waals surface area contributed by atoms with E-state index in [1.807, 2.05) is 6.08 Å². The van der Waals surface area contributed by atoms with E-state index < -0.39 is 12.1 Å². The van der Waals surface area contributed by atoms with E-state index in [1.165, 1.54) is 128 Å². The standard InChI is InChI=1S/C33H65NO3/c1-3-5-7-9-11-13-15-17-18-20-22-24-26-28-32(36)31(30-35)34-33(37)29-27-25-23-21-19-16-14-12-10-8-6-4-2/h26,28,31-32,35-36H,3-25,27,29-30H2,1-2H3,(H,34,37)/t31-,32+/m0/s1. The lowest BCUT2D eigenvalue weighted by Gasteiger charge is -2.20. The second-order valence-electron chi connectivity index (χ2n) is 11.2. The van der Waals surface area contributed by atoms with Gasteiger partial charge in [-0.05, 0) is 19.3 Å². The van der Waals surface area contributed by atoms with Crippen molar-refractivity contribution < 1.29 is 15.0 Å². The van der Waals surface area contributed by atoms with Gasteiger partial charge in [-0.1, -0.05) is 161 Å². The van der Waals surface area contributed by atoms with Crippen LogP contribution >= 0.6 is 0 Å². The van der Waals surface area contributed by atoms with Crippen LogP contribution in [0.1, 0.15) is 174 Å². The van der Waals surface area contributed by atoms with Crippen LogP contribution < -0.4 is 5.32 Å². The first kappa shape index (κ1) is 36.1. The Balaban J connectivity index is 3.65. The fraction of sp³-hybridized carbons (Fsp3) is 0.909. The molecular weight excluding hydrogens is 458 g/mol. The van der Waals surface area contributed by atoms with Crippen LogP contribution in [0.4, 0.5) is 0 Å². The second kappa shape index (κ2) is 29.7. The number of carbonyl (C=O) groups excluding carboxylic acids is 1. The first-order valence-corrected chi connectivity index (χ1v) is 16.4. The summed E-state index contributed by atoms with van der Waals surface area (Å²) in [7, 11) is 0. The summed E-state index contributed by atoms with van der Waals surface area (Å²) < 4.78 is 0. The smallest absolute Gasteiger partial charge is 0.220 e. The van der Waals surface area contributed by atoms with E-state index in [-0.39, 0.29) is 12.5 Å². The van der Waals surface area contributed by atoms with Gasteiger partial charge in [0.2, 0.25) is 5.91 Å². The van der Waals surface area contributed by atoms with E-state index in [2.05, 4.69) is 19.2 Å². The Kier molecular flexibility index (Phi) is 29.0. The van der Waals surface area contributed by atoms with Gasteiger partial charge in [-0.25, -0.2) is 0 Å². The van der Waals surface area contributed by atoms with Crippen LogP contribution in [0.5, 0.6) is 0 Å². The maximum Gasteiger partial charge on any atom is 0.220 e. The average molecular weight is 524 g/mol. The second-order valence-corrected chi connectivity index (χ2v) is 11.2. The van der Waals surface area contributed by atoms with E-state index in [0.29, 0.717) is 6.42 Å². The molecule has 0 rings (SSSR count). The molecule has 0 aliphatic carbocycles. The number of carbonyl (C=O) groups is 1. The zero-order chi connectivity index (χ0) is 27.2. The summed E-state index contributed by atoms with van der Waals surface area (Å²) in [6, 6.07) is -0.613. The molecule has 0 aliphatic heterocycles. The quantitative estimate of drug-likeness (QED) is 0.0676. The fourth-order valence-corrected chi connectivity index (χ4v) is 4.94. The van der Waals surface area contributed by atoms with Crippen LogP contribution in [0.15, 0.2) is 12.2 Å². The van der Waals surface area contributed by atoms with Crippen LogP contribution in [-0.4, -0.2) is 34.9 Å². The molecule has 3 N–H and O–H groups in total. The topological polar surface area (TPSA) is 69.6 Å². The predicted octanol–water partition coefficient (Wildman–Crippen LogP) is 9.17. The van der Waals surface area contributed by atoms with Gasteiger partial charge in [-0.15, -0.1) is 0 Å². The van der Waals surface area contributed by atoms with Crippen molar-refractivity contribution in [3.8, 4) is 0 Å². The van der Waals surface area contributed by atoms with Crippen molar-refractivity contribution in [2.24, 2.45) is 0 Å². The number of hydrogen-bond donors (Lipinski definition) is 3. The minimum absolute atomic E-state index is 0.0658. The predicted molar refractivity (Wildman–Crippen MR) is 161 cm³/mol. The Morgan fingerprint density at radius 1 is 0.622 bits per heavy atom. The Bertz CT molecular complexity index is 494. The van der Waals surface area contributed by atoms with E-state index >= 15 is 0 Å². The minimum atomic E-state index is -0.830. The van der Waals surface area contributed by atoms with Gasteiger partial charge in [0.05, 0.1) is 18.8 Å². The van der Waals surface area contributed by atoms with Gasteiger partial charge < -0.3 is 15.5 Å². The molecule has 1 amide bonds. The molecule has 0 unspecified atom stereocenters. The number of rotatable bonds is 29. The number of hydrogen-bond acceptors (Lipinski definition) is 3. The molecule has 4 nitrogen and oxygen atoms in total. The van der Waals surface area contributed by atoms with Crippen LogP contribution in [0.2, 0.25) is 0 Å². The largest absolute Gasteiger partial charge is 0.394 e. The molecule has 4 heteroatoms. The van der Waals surface area contributed by atoms with Gasteiger partial charge in [0.25, 0.3) is 0 Å². The zero-order valence-corrected chi connectivity index (χ0v) is 25.0. The van der Waals surface area contributed by atoms with Crippen molar-refractivity contribution in [2.45, 2.75) is 187 Å². The third-order valence-corrected chi connectivity index (χ3v) is 7.52. The Labute approximate surface area is 231 Å². The molecular formula is C33H65NO3. The van der Waals surface area contributed by atoms with Gasteiger partial charge in [-0.2, -0.15) is 0 Å². The van der Waals surface area contributed by atoms with Gasteiger partial charge in [-0.3, -0.25) is 4.79 Å². The molecule has 220 valence electrons. The molecule has 0 spiro atoms. The third-order valence-electron chi connectivity index (χ3n) is 7.52. The lowest BCUT2D eigenvalue weighted by molar-refractivity contribution is -0.123. The number of unbranched alkanes of at least 4 members (excludes halogenated alkanes) is 22. The number of aliphatic hydroxyl groups is 2. The Hall–Kier alpha value is -0.870. The lowest BCUT2D eigenvalue weighted by atomic mass is 10.0. The molecule has 2 atom stereocenters. The minimum Gasteiger partial charge on any atom is -0.394 e.